The van der Waals surface area contributed by atoms with Crippen LogP contribution in [0.15, 0.2) is 35.5 Å². The number of fused-ring (bicyclic) bond motifs is 1. The Bertz CT molecular complexity index is 742. The van der Waals surface area contributed by atoms with Gasteiger partial charge in [-0.1, -0.05) is 23.9 Å². The second-order valence-electron chi connectivity index (χ2n) is 4.49. The molecule has 0 aliphatic heterocycles. The second-order valence-corrected chi connectivity index (χ2v) is 5.45. The van der Waals surface area contributed by atoms with Crippen LogP contribution in [0.25, 0.3) is 11.0 Å². The maximum Gasteiger partial charge on any atom is 0.435 e. The van der Waals surface area contributed by atoms with Crippen molar-refractivity contribution in [1.29, 1.82) is 0 Å². The molecule has 0 aliphatic rings. The molecule has 0 spiro atoms. The average molecular weight is 312 g/mol. The van der Waals surface area contributed by atoms with Gasteiger partial charge in [0.05, 0.1) is 11.0 Å². The van der Waals surface area contributed by atoms with E-state index in [4.69, 9.17) is 0 Å². The summed E-state index contributed by atoms with van der Waals surface area (Å²) in [5.74, 6) is 0.361. The van der Waals surface area contributed by atoms with E-state index in [1.807, 2.05) is 24.3 Å². The first kappa shape index (κ1) is 14.0. The minimum absolute atomic E-state index is 0.361. The summed E-state index contributed by atoms with van der Waals surface area (Å²) >= 11 is 1.34. The maximum atomic E-state index is 12.6. The highest BCUT2D eigenvalue weighted by Crippen LogP contribution is 2.30. The van der Waals surface area contributed by atoms with Gasteiger partial charge in [-0.15, -0.1) is 0 Å². The number of imidazole rings is 1. The minimum Gasteiger partial charge on any atom is -0.333 e. The lowest BCUT2D eigenvalue weighted by molar-refractivity contribution is -0.141. The molecule has 0 aliphatic carbocycles. The van der Waals surface area contributed by atoms with E-state index >= 15 is 0 Å². The van der Waals surface area contributed by atoms with Crippen LogP contribution in [-0.2, 0) is 19.0 Å². The number of aryl methyl sites for hydroxylation is 1. The zero-order valence-electron chi connectivity index (χ0n) is 11.0. The Morgan fingerprint density at radius 1 is 1.29 bits per heavy atom. The third-order valence-corrected chi connectivity index (χ3v) is 3.90. The number of rotatable bonds is 3. The van der Waals surface area contributed by atoms with E-state index in [1.54, 1.807) is 0 Å². The number of halogens is 3. The fraction of sp³-hybridized carbons (Fsp3) is 0.231. The van der Waals surface area contributed by atoms with Gasteiger partial charge in [0.15, 0.2) is 10.9 Å². The van der Waals surface area contributed by atoms with Crippen LogP contribution in [0.4, 0.5) is 13.2 Å². The molecular formula is C13H11F3N4S. The third-order valence-electron chi connectivity index (χ3n) is 2.99. The van der Waals surface area contributed by atoms with Gasteiger partial charge >= 0.3 is 6.18 Å². The number of para-hydroxylation sites is 2. The predicted molar refractivity (Wildman–Crippen MR) is 73.9 cm³/mol. The molecule has 2 aromatic heterocycles. The summed E-state index contributed by atoms with van der Waals surface area (Å²) in [5.41, 5.74) is 1.36. The van der Waals surface area contributed by atoms with Crippen molar-refractivity contribution in [2.24, 2.45) is 7.05 Å². The van der Waals surface area contributed by atoms with Crippen molar-refractivity contribution in [1.82, 2.24) is 19.7 Å². The first-order valence-corrected chi connectivity index (χ1v) is 7.10. The van der Waals surface area contributed by atoms with E-state index in [0.29, 0.717) is 16.6 Å². The third kappa shape index (κ3) is 2.90. The summed E-state index contributed by atoms with van der Waals surface area (Å²) < 4.78 is 39.0. The molecule has 8 heteroatoms. The molecule has 0 atom stereocenters. The van der Waals surface area contributed by atoms with Gasteiger partial charge in [-0.2, -0.15) is 18.3 Å². The first-order chi connectivity index (χ1) is 9.93. The SMILES string of the molecule is Cn1nc(C(F)(F)F)cc1CSc1nc2ccccc2[nH]1. The number of H-pyrrole nitrogens is 1. The van der Waals surface area contributed by atoms with Crippen LogP contribution in [0.5, 0.6) is 0 Å². The van der Waals surface area contributed by atoms with Crippen LogP contribution in [0.1, 0.15) is 11.4 Å². The summed E-state index contributed by atoms with van der Waals surface area (Å²) in [5, 5.41) is 4.16. The smallest absolute Gasteiger partial charge is 0.333 e. The first-order valence-electron chi connectivity index (χ1n) is 6.11. The highest BCUT2D eigenvalue weighted by Gasteiger charge is 2.34. The number of nitrogens with one attached hydrogen (secondary N) is 1. The van der Waals surface area contributed by atoms with Crippen molar-refractivity contribution in [3.8, 4) is 0 Å². The number of aromatic nitrogens is 4. The highest BCUT2D eigenvalue weighted by atomic mass is 32.2. The van der Waals surface area contributed by atoms with Gasteiger partial charge < -0.3 is 4.98 Å². The lowest BCUT2D eigenvalue weighted by Crippen LogP contribution is -2.06. The molecule has 1 aromatic carbocycles. The fourth-order valence-electron chi connectivity index (χ4n) is 1.92. The van der Waals surface area contributed by atoms with E-state index in [0.717, 1.165) is 17.1 Å². The molecule has 110 valence electrons. The van der Waals surface area contributed by atoms with Gasteiger partial charge in [0.1, 0.15) is 0 Å². The van der Waals surface area contributed by atoms with Crippen LogP contribution in [-0.4, -0.2) is 19.7 Å². The number of benzene rings is 1. The summed E-state index contributed by atoms with van der Waals surface area (Å²) in [6.45, 7) is 0. The van der Waals surface area contributed by atoms with Crippen LogP contribution < -0.4 is 0 Å². The van der Waals surface area contributed by atoms with Gasteiger partial charge in [0, 0.05) is 18.5 Å². The summed E-state index contributed by atoms with van der Waals surface area (Å²) in [6, 6.07) is 8.62. The van der Waals surface area contributed by atoms with E-state index in [-0.39, 0.29) is 0 Å². The number of hydrogen-bond acceptors (Lipinski definition) is 3. The van der Waals surface area contributed by atoms with Crippen molar-refractivity contribution >= 4 is 22.8 Å². The second kappa shape index (κ2) is 5.10. The molecule has 0 saturated carbocycles. The van der Waals surface area contributed by atoms with Gasteiger partial charge in [0.25, 0.3) is 0 Å². The maximum absolute atomic E-state index is 12.6. The van der Waals surface area contributed by atoms with Crippen LogP contribution >= 0.6 is 11.8 Å². The van der Waals surface area contributed by atoms with Crippen LogP contribution in [0, 0.1) is 0 Å². The Balaban J connectivity index is 1.77. The fourth-order valence-corrected chi connectivity index (χ4v) is 2.82. The largest absolute Gasteiger partial charge is 0.435 e. The van der Waals surface area contributed by atoms with Gasteiger partial charge in [0.2, 0.25) is 0 Å². The molecule has 4 nitrogen and oxygen atoms in total. The van der Waals surface area contributed by atoms with Crippen molar-refractivity contribution < 1.29 is 13.2 Å². The molecule has 0 fully saturated rings. The quantitative estimate of drug-likeness (QED) is 0.752. The van der Waals surface area contributed by atoms with Gasteiger partial charge in [-0.3, -0.25) is 4.68 Å². The molecular weight excluding hydrogens is 301 g/mol. The van der Waals surface area contributed by atoms with Crippen molar-refractivity contribution in [2.75, 3.05) is 0 Å². The molecule has 3 aromatic rings. The molecule has 2 heterocycles. The topological polar surface area (TPSA) is 46.5 Å². The highest BCUT2D eigenvalue weighted by molar-refractivity contribution is 7.98. The van der Waals surface area contributed by atoms with Crippen LogP contribution in [0.3, 0.4) is 0 Å². The number of thioether (sulfide) groups is 1. The standard InChI is InChI=1S/C13H11F3N4S/c1-20-8(6-11(19-20)13(14,15)16)7-21-12-17-9-4-2-3-5-10(9)18-12/h2-6H,7H2,1H3,(H,17,18). The van der Waals surface area contributed by atoms with Crippen molar-refractivity contribution in [2.45, 2.75) is 17.1 Å². The van der Waals surface area contributed by atoms with Gasteiger partial charge in [-0.25, -0.2) is 4.98 Å². The Kier molecular flexibility index (Phi) is 3.40. The van der Waals surface area contributed by atoms with Crippen molar-refractivity contribution in [3.63, 3.8) is 0 Å². The Morgan fingerprint density at radius 3 is 2.71 bits per heavy atom. The average Bonchev–Trinajstić information content (AvgIpc) is 2.98. The van der Waals surface area contributed by atoms with Crippen molar-refractivity contribution in [3.05, 3.63) is 41.7 Å². The Hall–Kier alpha value is -1.96. The summed E-state index contributed by atoms with van der Waals surface area (Å²) in [7, 11) is 1.50. The number of hydrogen-bond donors (Lipinski definition) is 1. The predicted octanol–water partition coefficient (Wildman–Crippen LogP) is 3.61. The lowest BCUT2D eigenvalue weighted by Gasteiger charge is -1.99. The van der Waals surface area contributed by atoms with E-state index in [9.17, 15) is 13.2 Å². The normalized spacial score (nSPS) is 12.2. The molecule has 3 rings (SSSR count). The molecule has 0 bridgehead atoms. The molecule has 1 N–H and O–H groups in total. The van der Waals surface area contributed by atoms with Crippen LogP contribution in [0.2, 0.25) is 0 Å². The minimum atomic E-state index is -4.42. The monoisotopic (exact) mass is 312 g/mol. The number of aromatic amines is 1. The molecule has 0 unspecified atom stereocenters. The van der Waals surface area contributed by atoms with Gasteiger partial charge in [-0.05, 0) is 18.2 Å². The Morgan fingerprint density at radius 2 is 2.05 bits per heavy atom. The zero-order valence-corrected chi connectivity index (χ0v) is 11.8. The van der Waals surface area contributed by atoms with E-state index in [1.165, 1.54) is 23.5 Å². The molecule has 0 amide bonds. The van der Waals surface area contributed by atoms with E-state index < -0.39 is 11.9 Å². The number of alkyl halides is 3. The molecule has 0 saturated heterocycles. The summed E-state index contributed by atoms with van der Waals surface area (Å²) in [4.78, 5) is 7.49. The Labute approximate surface area is 122 Å². The lowest BCUT2D eigenvalue weighted by atomic mass is 10.3. The summed E-state index contributed by atoms with van der Waals surface area (Å²) in [6.07, 6.45) is -4.42. The van der Waals surface area contributed by atoms with E-state index in [2.05, 4.69) is 15.1 Å². The zero-order chi connectivity index (χ0) is 15.0. The molecule has 0 radical (unpaired) electrons. The molecule has 21 heavy (non-hydrogen) atoms. The number of nitrogens with zero attached hydrogens (tertiary/aromatic N) is 3.